The van der Waals surface area contributed by atoms with E-state index < -0.39 is 41.7 Å². The van der Waals surface area contributed by atoms with Crippen LogP contribution in [-0.4, -0.2) is 90.8 Å². The van der Waals surface area contributed by atoms with Crippen molar-refractivity contribution in [2.45, 2.75) is 82.6 Å². The van der Waals surface area contributed by atoms with Crippen molar-refractivity contribution in [3.63, 3.8) is 0 Å². The molecule has 0 unspecified atom stereocenters. The van der Waals surface area contributed by atoms with Gasteiger partial charge >= 0.3 is 5.97 Å². The maximum atomic E-state index is 14.9. The van der Waals surface area contributed by atoms with E-state index in [-0.39, 0.29) is 50.4 Å². The Labute approximate surface area is 307 Å². The number of ether oxygens (including phenoxy) is 2. The smallest absolute Gasteiger partial charge is 0.313 e. The molecule has 280 valence electrons. The summed E-state index contributed by atoms with van der Waals surface area (Å²) in [5.74, 6) is -3.16. The molecule has 2 aromatic rings. The Morgan fingerprint density at radius 1 is 1.04 bits per heavy atom. The molecule has 0 saturated carbocycles. The Bertz CT molecular complexity index is 1560. The number of unbranched alkanes of at least 4 members (excludes halogenated alkanes) is 2. The van der Waals surface area contributed by atoms with Crippen LogP contribution in [0.25, 0.3) is 0 Å². The molecule has 1 spiro atoms. The highest BCUT2D eigenvalue weighted by Crippen LogP contribution is 2.59. The summed E-state index contributed by atoms with van der Waals surface area (Å²) in [6.07, 6.45) is 5.54. The highest BCUT2D eigenvalue weighted by molar-refractivity contribution is 6.04. The molecule has 2 N–H and O–H groups in total. The number of anilines is 2. The topological polar surface area (TPSA) is 129 Å². The summed E-state index contributed by atoms with van der Waals surface area (Å²) in [5, 5.41) is 12.3. The molecule has 3 aliphatic heterocycles. The average Bonchev–Trinajstić information content (AvgIpc) is 3.81. The zero-order valence-corrected chi connectivity index (χ0v) is 30.6. The van der Waals surface area contributed by atoms with Crippen molar-refractivity contribution in [1.82, 2.24) is 10.2 Å². The molecule has 5 rings (SSSR count). The van der Waals surface area contributed by atoms with Gasteiger partial charge in [0.2, 0.25) is 11.8 Å². The summed E-state index contributed by atoms with van der Waals surface area (Å²) < 4.78 is 12.9. The minimum absolute atomic E-state index is 0.0372. The molecule has 2 bridgehead atoms. The number of likely N-dealkylation sites (tertiary alicyclic amines) is 1. The van der Waals surface area contributed by atoms with Crippen molar-refractivity contribution in [1.29, 1.82) is 0 Å². The number of allylic oxidation sites excluding steroid dienone is 1. The number of nitrogens with zero attached hydrogens (tertiary/aromatic N) is 3. The van der Waals surface area contributed by atoms with Crippen LogP contribution in [0.5, 0.6) is 0 Å². The zero-order valence-electron chi connectivity index (χ0n) is 30.6. The van der Waals surface area contributed by atoms with Gasteiger partial charge in [0.05, 0.1) is 24.5 Å². The number of fused-ring (bicyclic) bond motifs is 1. The highest BCUT2D eigenvalue weighted by Gasteiger charge is 2.75. The standard InChI is InChI=1S/C41H54N4O7/c1-5-9-18-34(47)42-28-33(29-16-12-10-13-17-29)51-40(50)35-32-23-24-41(52-32)36(35)38(48)45(26-14-11-15-27-46)37(41)39(49)44(25-6-2)31-21-19-30(20-22-31)43(7-3)8-4/h5-6,10,12-13,16-17,19-22,32-33,35-37,46H,1-2,7-9,11,14-15,18,23-28H2,3-4H3,(H,42,47)/t32-,33+,35+,36+,37-,41+/m1/s1. The second-order valence-electron chi connectivity index (χ2n) is 13.8. The number of benzene rings is 2. The van der Waals surface area contributed by atoms with E-state index in [4.69, 9.17) is 9.47 Å². The molecule has 3 heterocycles. The van der Waals surface area contributed by atoms with Crippen molar-refractivity contribution < 1.29 is 33.8 Å². The third-order valence-corrected chi connectivity index (χ3v) is 10.7. The lowest BCUT2D eigenvalue weighted by molar-refractivity contribution is -0.160. The summed E-state index contributed by atoms with van der Waals surface area (Å²) in [5.41, 5.74) is 1.23. The Morgan fingerprint density at radius 3 is 2.40 bits per heavy atom. The summed E-state index contributed by atoms with van der Waals surface area (Å²) in [4.78, 5) is 61.7. The van der Waals surface area contributed by atoms with Crippen molar-refractivity contribution in [3.05, 3.63) is 85.5 Å². The van der Waals surface area contributed by atoms with E-state index in [0.717, 1.165) is 18.8 Å². The van der Waals surface area contributed by atoms with Gasteiger partial charge in [-0.15, -0.1) is 13.2 Å². The van der Waals surface area contributed by atoms with Crippen LogP contribution in [0.15, 0.2) is 79.9 Å². The quantitative estimate of drug-likeness (QED) is 0.112. The first kappa shape index (κ1) is 38.7. The fourth-order valence-electron chi connectivity index (χ4n) is 8.19. The van der Waals surface area contributed by atoms with Crippen molar-refractivity contribution in [3.8, 4) is 0 Å². The van der Waals surface area contributed by atoms with Crippen LogP contribution >= 0.6 is 0 Å². The van der Waals surface area contributed by atoms with Crippen LogP contribution < -0.4 is 15.1 Å². The third kappa shape index (κ3) is 7.95. The fourth-order valence-corrected chi connectivity index (χ4v) is 8.19. The molecule has 3 saturated heterocycles. The first-order chi connectivity index (χ1) is 25.2. The van der Waals surface area contributed by atoms with Crippen molar-refractivity contribution >= 4 is 35.1 Å². The number of esters is 1. The zero-order chi connectivity index (χ0) is 37.3. The second-order valence-corrected chi connectivity index (χ2v) is 13.8. The molecule has 3 fully saturated rings. The first-order valence-electron chi connectivity index (χ1n) is 18.7. The number of hydrogen-bond acceptors (Lipinski definition) is 8. The van der Waals surface area contributed by atoms with E-state index in [1.54, 1.807) is 22.0 Å². The number of rotatable bonds is 20. The number of amides is 3. The maximum absolute atomic E-state index is 14.9. The molecule has 0 radical (unpaired) electrons. The van der Waals surface area contributed by atoms with Crippen molar-refractivity contribution in [2.24, 2.45) is 11.8 Å². The molecule has 2 aromatic carbocycles. The van der Waals surface area contributed by atoms with Gasteiger partial charge in [-0.2, -0.15) is 0 Å². The van der Waals surface area contributed by atoms with Crippen LogP contribution in [0.2, 0.25) is 0 Å². The predicted molar refractivity (Wildman–Crippen MR) is 201 cm³/mol. The van der Waals surface area contributed by atoms with E-state index in [2.05, 4.69) is 37.2 Å². The van der Waals surface area contributed by atoms with Gasteiger partial charge in [-0.05, 0) is 82.2 Å². The molecule has 3 aliphatic rings. The van der Waals surface area contributed by atoms with Crippen molar-refractivity contribution in [2.75, 3.05) is 49.1 Å². The number of carbonyl (C=O) groups is 4. The molecule has 6 atom stereocenters. The number of nitrogens with one attached hydrogen (secondary N) is 1. The van der Waals surface area contributed by atoms with E-state index in [9.17, 15) is 24.3 Å². The lowest BCUT2D eigenvalue weighted by atomic mass is 9.70. The first-order valence-corrected chi connectivity index (χ1v) is 18.7. The van der Waals surface area contributed by atoms with Gasteiger partial charge in [0.15, 0.2) is 0 Å². The minimum atomic E-state index is -1.21. The summed E-state index contributed by atoms with van der Waals surface area (Å²) in [6.45, 7) is 14.1. The normalized spacial score (nSPS) is 23.5. The lowest BCUT2D eigenvalue weighted by Crippen LogP contribution is -2.56. The molecular weight excluding hydrogens is 660 g/mol. The van der Waals surface area contributed by atoms with Gasteiger partial charge < -0.3 is 34.6 Å². The SMILES string of the molecule is C=CCCC(=O)NC[C@H](OC(=O)[C@@H]1[C@H]2C(=O)N(CCCCCO)[C@H](C(=O)N(CC=C)c3ccc(N(CC)CC)cc3)[C@]23CC[C@H]1O3)c1ccccc1. The average molecular weight is 715 g/mol. The number of aliphatic hydroxyl groups excluding tert-OH is 1. The Balaban J connectivity index is 1.45. The van der Waals surface area contributed by atoms with Crippen LogP contribution in [0.1, 0.15) is 70.5 Å². The van der Waals surface area contributed by atoms with Gasteiger partial charge in [0.1, 0.15) is 17.7 Å². The monoisotopic (exact) mass is 714 g/mol. The molecule has 11 heteroatoms. The van der Waals surface area contributed by atoms with Crippen LogP contribution in [0.3, 0.4) is 0 Å². The van der Waals surface area contributed by atoms with Gasteiger partial charge in [0, 0.05) is 50.6 Å². The van der Waals surface area contributed by atoms with E-state index in [0.29, 0.717) is 49.8 Å². The summed E-state index contributed by atoms with van der Waals surface area (Å²) in [7, 11) is 0. The van der Waals surface area contributed by atoms with Gasteiger partial charge in [-0.3, -0.25) is 19.2 Å². The van der Waals surface area contributed by atoms with Crippen LogP contribution in [0.4, 0.5) is 11.4 Å². The largest absolute Gasteiger partial charge is 0.455 e. The second kappa shape index (κ2) is 17.8. The molecule has 11 nitrogen and oxygen atoms in total. The number of hydrogen-bond donors (Lipinski definition) is 2. The summed E-state index contributed by atoms with van der Waals surface area (Å²) in [6, 6.07) is 16.1. The van der Waals surface area contributed by atoms with Gasteiger partial charge in [0.25, 0.3) is 5.91 Å². The number of carbonyl (C=O) groups excluding carboxylic acids is 4. The molecular formula is C41H54N4O7. The van der Waals surface area contributed by atoms with Crippen LogP contribution in [0, 0.1) is 11.8 Å². The molecule has 3 amide bonds. The van der Waals surface area contributed by atoms with Crippen LogP contribution in [-0.2, 0) is 28.7 Å². The molecule has 0 aliphatic carbocycles. The maximum Gasteiger partial charge on any atom is 0.313 e. The predicted octanol–water partition coefficient (Wildman–Crippen LogP) is 4.96. The fraction of sp³-hybridized carbons (Fsp3) is 0.512. The van der Waals surface area contributed by atoms with E-state index >= 15 is 0 Å². The Hall–Kier alpha value is -4.48. The van der Waals surface area contributed by atoms with Gasteiger partial charge in [-0.1, -0.05) is 42.5 Å². The van der Waals surface area contributed by atoms with E-state index in [1.807, 2.05) is 54.6 Å². The summed E-state index contributed by atoms with van der Waals surface area (Å²) >= 11 is 0. The molecule has 0 aromatic heterocycles. The number of aliphatic hydroxyl groups is 1. The Morgan fingerprint density at radius 2 is 1.75 bits per heavy atom. The van der Waals surface area contributed by atoms with Gasteiger partial charge in [-0.25, -0.2) is 0 Å². The molecule has 52 heavy (non-hydrogen) atoms. The highest BCUT2D eigenvalue weighted by atomic mass is 16.6. The van der Waals surface area contributed by atoms with E-state index in [1.165, 1.54) is 0 Å². The Kier molecular flexibility index (Phi) is 13.3. The lowest BCUT2D eigenvalue weighted by Gasteiger charge is -2.37. The third-order valence-electron chi connectivity index (χ3n) is 10.7. The minimum Gasteiger partial charge on any atom is -0.455 e.